The molecule has 1 aliphatic heterocycles. The first kappa shape index (κ1) is 18.2. The number of ether oxygens (including phenoxy) is 1. The van der Waals surface area contributed by atoms with E-state index in [0.717, 1.165) is 22.6 Å². The molecule has 0 saturated carbocycles. The Bertz CT molecular complexity index is 987. The highest BCUT2D eigenvalue weighted by molar-refractivity contribution is 5.93. The minimum atomic E-state index is -0.207. The van der Waals surface area contributed by atoms with Crippen LogP contribution in [0, 0.1) is 5.92 Å². The third kappa shape index (κ3) is 3.76. The van der Waals surface area contributed by atoms with E-state index in [9.17, 15) is 4.79 Å². The first-order valence-electron chi connectivity index (χ1n) is 9.36. The fourth-order valence-corrected chi connectivity index (χ4v) is 3.09. The van der Waals surface area contributed by atoms with E-state index in [2.05, 4.69) is 15.5 Å². The Hall–Kier alpha value is -3.15. The van der Waals surface area contributed by atoms with Crippen LogP contribution in [0.1, 0.15) is 32.2 Å². The van der Waals surface area contributed by atoms with Gasteiger partial charge in [0.15, 0.2) is 0 Å². The highest BCUT2D eigenvalue weighted by Gasteiger charge is 2.26. The molecule has 0 saturated heterocycles. The molecule has 6 heteroatoms. The summed E-state index contributed by atoms with van der Waals surface area (Å²) < 4.78 is 11.1. The Morgan fingerprint density at radius 3 is 2.57 bits per heavy atom. The van der Waals surface area contributed by atoms with E-state index in [1.54, 1.807) is 0 Å². The monoisotopic (exact) mass is 377 g/mol. The smallest absolute Gasteiger partial charge is 0.232 e. The normalized spacial score (nSPS) is 16.2. The molecular weight excluding hydrogens is 354 g/mol. The van der Waals surface area contributed by atoms with Gasteiger partial charge in [0, 0.05) is 16.7 Å². The van der Waals surface area contributed by atoms with Crippen molar-refractivity contribution in [3.05, 3.63) is 60.0 Å². The molecule has 1 aliphatic rings. The number of nitrogens with one attached hydrogen (secondary N) is 1. The third-order valence-electron chi connectivity index (χ3n) is 4.73. The molecule has 0 aliphatic carbocycles. The van der Waals surface area contributed by atoms with Crippen LogP contribution in [0.3, 0.4) is 0 Å². The Balaban J connectivity index is 1.42. The summed E-state index contributed by atoms with van der Waals surface area (Å²) in [4.78, 5) is 17.1. The van der Waals surface area contributed by atoms with E-state index >= 15 is 0 Å². The summed E-state index contributed by atoms with van der Waals surface area (Å²) in [5, 5.41) is 7.02. The second kappa shape index (κ2) is 7.11. The number of hydrogen-bond acceptors (Lipinski definition) is 5. The number of nitrogens with zero attached hydrogens (tertiary/aromatic N) is 2. The lowest BCUT2D eigenvalue weighted by atomic mass is 9.96. The molecule has 28 heavy (non-hydrogen) atoms. The molecule has 0 radical (unpaired) electrons. The van der Waals surface area contributed by atoms with Crippen LogP contribution in [0.5, 0.6) is 5.75 Å². The van der Waals surface area contributed by atoms with Gasteiger partial charge in [-0.25, -0.2) is 0 Å². The lowest BCUT2D eigenvalue weighted by molar-refractivity contribution is -0.121. The van der Waals surface area contributed by atoms with Crippen molar-refractivity contribution in [2.45, 2.75) is 32.6 Å². The molecule has 3 aromatic rings. The minimum Gasteiger partial charge on any atom is -0.492 e. The number of para-hydroxylation sites is 1. The van der Waals surface area contributed by atoms with E-state index in [-0.39, 0.29) is 17.2 Å². The number of amides is 1. The van der Waals surface area contributed by atoms with E-state index < -0.39 is 0 Å². The topological polar surface area (TPSA) is 77.2 Å². The maximum absolute atomic E-state index is 12.6. The Morgan fingerprint density at radius 2 is 1.86 bits per heavy atom. The molecule has 2 aromatic carbocycles. The lowest BCUT2D eigenvalue weighted by Gasteiger charge is -2.24. The maximum atomic E-state index is 12.6. The largest absolute Gasteiger partial charge is 0.492 e. The average molecular weight is 377 g/mol. The summed E-state index contributed by atoms with van der Waals surface area (Å²) in [5.74, 6) is 1.75. The number of benzene rings is 2. The minimum absolute atomic E-state index is 0.0446. The van der Waals surface area contributed by atoms with Gasteiger partial charge in [-0.15, -0.1) is 0 Å². The van der Waals surface area contributed by atoms with Gasteiger partial charge in [0.1, 0.15) is 12.4 Å². The number of anilines is 1. The number of carbonyl (C=O) groups excluding carboxylic acids is 1. The van der Waals surface area contributed by atoms with Gasteiger partial charge in [-0.2, -0.15) is 4.98 Å². The highest BCUT2D eigenvalue weighted by atomic mass is 16.5. The molecule has 144 valence electrons. The zero-order valence-electron chi connectivity index (χ0n) is 16.2. The molecule has 0 bridgehead atoms. The molecule has 1 N–H and O–H groups in total. The molecule has 1 aromatic heterocycles. The molecule has 1 atom stereocenters. The number of hydrogen-bond donors (Lipinski definition) is 1. The van der Waals surface area contributed by atoms with Crippen LogP contribution in [-0.4, -0.2) is 22.7 Å². The Kier molecular flexibility index (Phi) is 4.63. The van der Waals surface area contributed by atoms with Crippen LogP contribution in [0.4, 0.5) is 5.69 Å². The van der Waals surface area contributed by atoms with Crippen LogP contribution < -0.4 is 10.1 Å². The number of aromatic nitrogens is 2. The van der Waals surface area contributed by atoms with Crippen LogP contribution in [0.15, 0.2) is 53.1 Å². The molecule has 6 nitrogen and oxygen atoms in total. The van der Waals surface area contributed by atoms with Gasteiger partial charge in [-0.1, -0.05) is 44.1 Å². The van der Waals surface area contributed by atoms with Gasteiger partial charge in [0.25, 0.3) is 0 Å². The summed E-state index contributed by atoms with van der Waals surface area (Å²) in [7, 11) is 0. The second-order valence-electron chi connectivity index (χ2n) is 8.06. The van der Waals surface area contributed by atoms with Crippen molar-refractivity contribution < 1.29 is 14.1 Å². The predicted molar refractivity (Wildman–Crippen MR) is 106 cm³/mol. The zero-order chi connectivity index (χ0) is 19.7. The molecule has 0 spiro atoms. The van der Waals surface area contributed by atoms with Gasteiger partial charge < -0.3 is 14.6 Å². The molecule has 2 heterocycles. The standard InChI is InChI=1S/C22H23N3O3/c1-22(2,3)21-24-19(25-28-21)14-8-10-17(11-9-14)23-20(26)16-12-15-6-4-5-7-18(15)27-13-16/h4-11,16H,12-13H2,1-3H3,(H,23,26). The van der Waals surface area contributed by atoms with Gasteiger partial charge in [0.2, 0.25) is 17.6 Å². The van der Waals surface area contributed by atoms with Gasteiger partial charge in [-0.3, -0.25) is 4.79 Å². The zero-order valence-corrected chi connectivity index (χ0v) is 16.2. The molecule has 1 amide bonds. The van der Waals surface area contributed by atoms with Crippen molar-refractivity contribution >= 4 is 11.6 Å². The summed E-state index contributed by atoms with van der Waals surface area (Å²) >= 11 is 0. The van der Waals surface area contributed by atoms with Crippen molar-refractivity contribution in [1.82, 2.24) is 10.1 Å². The fraction of sp³-hybridized carbons (Fsp3) is 0.318. The predicted octanol–water partition coefficient (Wildman–Crippen LogP) is 4.22. The van der Waals surface area contributed by atoms with Crippen LogP contribution in [0.2, 0.25) is 0 Å². The summed E-state index contributed by atoms with van der Waals surface area (Å²) in [6.45, 7) is 6.46. The second-order valence-corrected chi connectivity index (χ2v) is 8.06. The summed E-state index contributed by atoms with van der Waals surface area (Å²) in [5.41, 5.74) is 2.44. The van der Waals surface area contributed by atoms with E-state index in [1.165, 1.54) is 0 Å². The van der Waals surface area contributed by atoms with Gasteiger partial charge >= 0.3 is 0 Å². The van der Waals surface area contributed by atoms with Crippen LogP contribution >= 0.6 is 0 Å². The maximum Gasteiger partial charge on any atom is 0.232 e. The molecule has 1 unspecified atom stereocenters. The number of rotatable bonds is 3. The van der Waals surface area contributed by atoms with Crippen molar-refractivity contribution in [2.75, 3.05) is 11.9 Å². The third-order valence-corrected chi connectivity index (χ3v) is 4.73. The molecular formula is C22H23N3O3. The first-order chi connectivity index (χ1) is 13.4. The average Bonchev–Trinajstić information content (AvgIpc) is 3.19. The van der Waals surface area contributed by atoms with Gasteiger partial charge in [0.05, 0.1) is 5.92 Å². The van der Waals surface area contributed by atoms with Crippen molar-refractivity contribution in [3.8, 4) is 17.1 Å². The SMILES string of the molecule is CC(C)(C)c1nc(-c2ccc(NC(=O)C3COc4ccccc4C3)cc2)no1. The lowest BCUT2D eigenvalue weighted by Crippen LogP contribution is -2.32. The quantitative estimate of drug-likeness (QED) is 0.739. The van der Waals surface area contributed by atoms with E-state index in [1.807, 2.05) is 69.3 Å². The van der Waals surface area contributed by atoms with E-state index in [4.69, 9.17) is 9.26 Å². The Labute approximate surface area is 163 Å². The van der Waals surface area contributed by atoms with Crippen molar-refractivity contribution in [1.29, 1.82) is 0 Å². The summed E-state index contributed by atoms with van der Waals surface area (Å²) in [6.07, 6.45) is 0.679. The molecule has 4 rings (SSSR count). The van der Waals surface area contributed by atoms with Crippen LogP contribution in [-0.2, 0) is 16.6 Å². The Morgan fingerprint density at radius 1 is 1.11 bits per heavy atom. The van der Waals surface area contributed by atoms with Crippen LogP contribution in [0.25, 0.3) is 11.4 Å². The number of carbonyl (C=O) groups is 1. The van der Waals surface area contributed by atoms with E-state index in [0.29, 0.717) is 24.7 Å². The fourth-order valence-electron chi connectivity index (χ4n) is 3.09. The highest BCUT2D eigenvalue weighted by Crippen LogP contribution is 2.28. The number of fused-ring (bicyclic) bond motifs is 1. The molecule has 0 fully saturated rings. The summed E-state index contributed by atoms with van der Waals surface area (Å²) in [6, 6.07) is 15.3. The first-order valence-corrected chi connectivity index (χ1v) is 9.36. The van der Waals surface area contributed by atoms with Crippen molar-refractivity contribution in [3.63, 3.8) is 0 Å². The van der Waals surface area contributed by atoms with Crippen molar-refractivity contribution in [2.24, 2.45) is 5.92 Å². The van der Waals surface area contributed by atoms with Gasteiger partial charge in [-0.05, 0) is 42.3 Å².